The molecule has 2 saturated carbocycles. The molecule has 0 aromatic carbocycles. The predicted molar refractivity (Wildman–Crippen MR) is 198 cm³/mol. The molecule has 6 atom stereocenters. The van der Waals surface area contributed by atoms with Crippen molar-refractivity contribution >= 4 is 11.9 Å². The Kier molecular flexibility index (Phi) is 18.4. The number of hydrogen-bond acceptors (Lipinski definition) is 12. The van der Waals surface area contributed by atoms with Crippen molar-refractivity contribution in [3.05, 3.63) is 0 Å². The van der Waals surface area contributed by atoms with E-state index in [0.717, 1.165) is 77.7 Å². The molecule has 2 aliphatic carbocycles. The zero-order chi connectivity index (χ0) is 36.8. The van der Waals surface area contributed by atoms with Gasteiger partial charge in [-0.1, -0.05) is 6.42 Å². The highest BCUT2D eigenvalue weighted by atomic mass is 16.5. The van der Waals surface area contributed by atoms with E-state index in [9.17, 15) is 9.59 Å². The quantitative estimate of drug-likeness (QED) is 0.247. The summed E-state index contributed by atoms with van der Waals surface area (Å²) in [5.41, 5.74) is 6.16. The highest BCUT2D eigenvalue weighted by Crippen LogP contribution is 2.31. The van der Waals surface area contributed by atoms with Crippen molar-refractivity contribution in [3.63, 3.8) is 0 Å². The van der Waals surface area contributed by atoms with Crippen LogP contribution in [-0.4, -0.2) is 155 Å². The summed E-state index contributed by atoms with van der Waals surface area (Å²) in [5.74, 6) is 0.0308. The number of nitrogens with two attached hydrogens (primary N) is 1. The normalized spacial score (nSPS) is 35.3. The minimum Gasteiger partial charge on any atom is -0.466 e. The first kappa shape index (κ1) is 42.4. The summed E-state index contributed by atoms with van der Waals surface area (Å²) >= 11 is 0. The van der Waals surface area contributed by atoms with Crippen LogP contribution in [-0.2, 0) is 38.0 Å². The summed E-state index contributed by atoms with van der Waals surface area (Å²) < 4.78 is 34.8. The number of likely N-dealkylation sites (N-methyl/N-ethyl adjacent to an activating group) is 2. The Bertz CT molecular complexity index is 1000. The Labute approximate surface area is 308 Å². The number of hydrogen-bond donors (Lipinski definition) is 1. The second kappa shape index (κ2) is 22.1. The molecule has 0 spiro atoms. The maximum absolute atomic E-state index is 11.9. The molecule has 3 aliphatic heterocycles. The van der Waals surface area contributed by atoms with Crippen LogP contribution in [0.3, 0.4) is 0 Å². The lowest BCUT2D eigenvalue weighted by molar-refractivity contribution is -0.151. The molecule has 3 heterocycles. The fraction of sp³-hybridized carbons (Fsp3) is 0.949. The number of ether oxygens (including phenoxy) is 6. The van der Waals surface area contributed by atoms with Gasteiger partial charge in [-0.25, -0.2) is 0 Å². The van der Waals surface area contributed by atoms with Gasteiger partial charge < -0.3 is 34.2 Å². The van der Waals surface area contributed by atoms with Crippen LogP contribution in [0.25, 0.3) is 0 Å². The highest BCUT2D eigenvalue weighted by Gasteiger charge is 2.44. The van der Waals surface area contributed by atoms with Crippen molar-refractivity contribution < 1.29 is 38.0 Å². The number of nitrogens with zero attached hydrogens (tertiary/aromatic N) is 3. The first-order valence-electron chi connectivity index (χ1n) is 20.4. The number of carbonyl (C=O) groups is 2. The fourth-order valence-electron chi connectivity index (χ4n) is 8.93. The van der Waals surface area contributed by atoms with Crippen molar-refractivity contribution in [2.24, 2.45) is 17.6 Å². The van der Waals surface area contributed by atoms with Crippen molar-refractivity contribution in [1.29, 1.82) is 0 Å². The van der Waals surface area contributed by atoms with E-state index >= 15 is 0 Å². The van der Waals surface area contributed by atoms with Crippen molar-refractivity contribution in [3.8, 4) is 0 Å². The standard InChI is InChI=1S/C22H40N2O4.C17H32N2O4/c1-4-26-21-19(24-13-7-6-8-14-24)15-23(3)20(21)16-28-18-11-9-17(10-12-18)22(25)27-5-2;1-4-21-16-14(18)10-19(3)15(16)11-23-13-8-6-12(7-9-13)17(20)22-5-2/h17-21H,4-16H2,1-3H3;12-16H,4-11,18H2,1-3H3/t17?,18?,19-,20-,21+;12?,13?,14-,15-,16+/m11/s1. The van der Waals surface area contributed by atoms with Crippen molar-refractivity contribution in [1.82, 2.24) is 14.7 Å². The Morgan fingerprint density at radius 3 is 1.51 bits per heavy atom. The number of esters is 2. The Morgan fingerprint density at radius 2 is 1.04 bits per heavy atom. The monoisotopic (exact) mass is 725 g/mol. The van der Waals surface area contributed by atoms with Gasteiger partial charge in [0.2, 0.25) is 0 Å². The van der Waals surface area contributed by atoms with Gasteiger partial charge >= 0.3 is 11.9 Å². The summed E-state index contributed by atoms with van der Waals surface area (Å²) in [6, 6.07) is 1.06. The van der Waals surface area contributed by atoms with Crippen LogP contribution in [0.5, 0.6) is 0 Å². The van der Waals surface area contributed by atoms with Gasteiger partial charge in [-0.3, -0.25) is 24.3 Å². The third kappa shape index (κ3) is 12.3. The van der Waals surface area contributed by atoms with Crippen LogP contribution in [0.2, 0.25) is 0 Å². The van der Waals surface area contributed by atoms with E-state index in [1.165, 1.54) is 32.4 Å². The van der Waals surface area contributed by atoms with Crippen LogP contribution < -0.4 is 5.73 Å². The van der Waals surface area contributed by atoms with Crippen LogP contribution >= 0.6 is 0 Å². The molecular weight excluding hydrogens is 652 g/mol. The van der Waals surface area contributed by atoms with Gasteiger partial charge in [-0.2, -0.15) is 0 Å². The minimum atomic E-state index is -0.0520. The van der Waals surface area contributed by atoms with Crippen molar-refractivity contribution in [2.75, 3.05) is 79.9 Å². The molecule has 12 nitrogen and oxygen atoms in total. The van der Waals surface area contributed by atoms with Gasteiger partial charge in [0.1, 0.15) is 0 Å². The SMILES string of the molecule is CCOC(=O)C1CCC(OC[C@@H]2[C@@H](OCC)[C@H](N)CN2C)CC1.CCOC(=O)C1CCC(OC[C@@H]2[C@@H](OCC)[C@H](N3CCCCC3)CN2C)CC1. The Balaban J connectivity index is 0.000000233. The largest absolute Gasteiger partial charge is 0.466 e. The zero-order valence-corrected chi connectivity index (χ0v) is 32.8. The van der Waals surface area contributed by atoms with Crippen LogP contribution in [0.4, 0.5) is 0 Å². The Morgan fingerprint density at radius 1 is 0.588 bits per heavy atom. The molecule has 3 saturated heterocycles. The average Bonchev–Trinajstić information content (AvgIpc) is 3.60. The van der Waals surface area contributed by atoms with Crippen LogP contribution in [0.1, 0.15) is 98.3 Å². The van der Waals surface area contributed by atoms with Gasteiger partial charge in [0.05, 0.1) is 80.8 Å². The van der Waals surface area contributed by atoms with E-state index in [2.05, 4.69) is 35.7 Å². The smallest absolute Gasteiger partial charge is 0.308 e. The third-order valence-electron chi connectivity index (χ3n) is 11.8. The molecule has 0 aromatic heterocycles. The number of rotatable bonds is 15. The van der Waals surface area contributed by atoms with E-state index < -0.39 is 0 Å². The molecule has 296 valence electrons. The lowest BCUT2D eigenvalue weighted by Crippen LogP contribution is -2.49. The summed E-state index contributed by atoms with van der Waals surface area (Å²) in [6.07, 6.45) is 12.0. The Hall–Kier alpha value is -1.38. The molecule has 5 fully saturated rings. The van der Waals surface area contributed by atoms with E-state index in [0.29, 0.717) is 38.5 Å². The first-order chi connectivity index (χ1) is 24.7. The van der Waals surface area contributed by atoms with E-state index in [1.54, 1.807) is 0 Å². The molecule has 0 radical (unpaired) electrons. The average molecular weight is 725 g/mol. The van der Waals surface area contributed by atoms with Gasteiger partial charge in [-0.05, 0) is 119 Å². The topological polar surface area (TPSA) is 125 Å². The van der Waals surface area contributed by atoms with Gasteiger partial charge in [-0.15, -0.1) is 0 Å². The summed E-state index contributed by atoms with van der Waals surface area (Å²) in [7, 11) is 4.28. The summed E-state index contributed by atoms with van der Waals surface area (Å²) in [4.78, 5) is 31.0. The van der Waals surface area contributed by atoms with E-state index in [1.807, 2.05) is 20.8 Å². The second-order valence-electron chi connectivity index (χ2n) is 15.3. The molecule has 0 amide bonds. The first-order valence-corrected chi connectivity index (χ1v) is 20.4. The molecule has 0 unspecified atom stereocenters. The molecule has 51 heavy (non-hydrogen) atoms. The number of carbonyl (C=O) groups excluding carboxylic acids is 2. The lowest BCUT2D eigenvalue weighted by Gasteiger charge is -2.36. The van der Waals surface area contributed by atoms with Gasteiger partial charge in [0.15, 0.2) is 0 Å². The maximum atomic E-state index is 11.9. The fourth-order valence-corrected chi connectivity index (χ4v) is 8.93. The summed E-state index contributed by atoms with van der Waals surface area (Å²) in [5, 5.41) is 0. The van der Waals surface area contributed by atoms with Gasteiger partial charge in [0, 0.05) is 32.3 Å². The third-order valence-corrected chi connectivity index (χ3v) is 11.8. The molecule has 12 heteroatoms. The van der Waals surface area contributed by atoms with E-state index in [-0.39, 0.29) is 60.3 Å². The van der Waals surface area contributed by atoms with Crippen LogP contribution in [0, 0.1) is 11.8 Å². The predicted octanol–water partition coefficient (Wildman–Crippen LogP) is 3.87. The lowest BCUT2D eigenvalue weighted by atomic mass is 9.87. The minimum absolute atomic E-state index is 0.0303. The molecule has 5 aliphatic rings. The second-order valence-corrected chi connectivity index (χ2v) is 15.3. The molecule has 0 bridgehead atoms. The van der Waals surface area contributed by atoms with Crippen molar-refractivity contribution in [2.45, 2.75) is 147 Å². The number of piperidine rings is 1. The molecular formula is C39H72N4O8. The highest BCUT2D eigenvalue weighted by molar-refractivity contribution is 5.72. The zero-order valence-electron chi connectivity index (χ0n) is 32.8. The molecule has 2 N–H and O–H groups in total. The molecule has 5 rings (SSSR count). The van der Waals surface area contributed by atoms with E-state index in [4.69, 9.17) is 34.2 Å². The van der Waals surface area contributed by atoms with Crippen LogP contribution in [0.15, 0.2) is 0 Å². The summed E-state index contributed by atoms with van der Waals surface area (Å²) in [6.45, 7) is 15.9. The van der Waals surface area contributed by atoms with Gasteiger partial charge in [0.25, 0.3) is 0 Å². The number of likely N-dealkylation sites (tertiary alicyclic amines) is 3. The molecule has 0 aromatic rings. The maximum Gasteiger partial charge on any atom is 0.308 e.